The number of nitrogens with one attached hydrogen (secondary N) is 2. The lowest BCUT2D eigenvalue weighted by Crippen LogP contribution is -2.39. The van der Waals surface area contributed by atoms with E-state index in [1.54, 1.807) is 18.4 Å². The number of aromatic nitrogens is 2. The number of aromatic amines is 1. The Morgan fingerprint density at radius 1 is 1.35 bits per heavy atom. The number of hydrogen-bond donors (Lipinski definition) is 2. The van der Waals surface area contributed by atoms with E-state index < -0.39 is 0 Å². The van der Waals surface area contributed by atoms with Crippen molar-refractivity contribution in [2.45, 2.75) is 19.5 Å². The van der Waals surface area contributed by atoms with Crippen LogP contribution in [-0.4, -0.2) is 33.9 Å². The van der Waals surface area contributed by atoms with Gasteiger partial charge in [-0.15, -0.1) is 0 Å². The molecule has 3 aromatic rings. The third-order valence-corrected chi connectivity index (χ3v) is 4.42. The van der Waals surface area contributed by atoms with Crippen LogP contribution in [0.15, 0.2) is 47.1 Å². The SMILES string of the molecule is O=C(CN1CCc2nc(-c3cccc(F)c3)[nH]c2C1)NCc1ccco1. The number of fused-ring (bicyclic) bond motifs is 1. The largest absolute Gasteiger partial charge is 0.467 e. The molecule has 134 valence electrons. The third-order valence-electron chi connectivity index (χ3n) is 4.42. The van der Waals surface area contributed by atoms with Crippen molar-refractivity contribution in [1.29, 1.82) is 0 Å². The second-order valence-corrected chi connectivity index (χ2v) is 6.34. The average molecular weight is 354 g/mol. The minimum absolute atomic E-state index is 0.0466. The number of furan rings is 1. The average Bonchev–Trinajstić information content (AvgIpc) is 3.29. The van der Waals surface area contributed by atoms with Gasteiger partial charge in [0.25, 0.3) is 0 Å². The van der Waals surface area contributed by atoms with Gasteiger partial charge in [-0.2, -0.15) is 0 Å². The Morgan fingerprint density at radius 2 is 2.27 bits per heavy atom. The van der Waals surface area contributed by atoms with Crippen molar-refractivity contribution < 1.29 is 13.6 Å². The first-order valence-electron chi connectivity index (χ1n) is 8.52. The van der Waals surface area contributed by atoms with Crippen LogP contribution < -0.4 is 5.32 Å². The lowest BCUT2D eigenvalue weighted by atomic mass is 10.1. The van der Waals surface area contributed by atoms with Gasteiger partial charge < -0.3 is 14.7 Å². The second-order valence-electron chi connectivity index (χ2n) is 6.34. The number of nitrogens with zero attached hydrogens (tertiary/aromatic N) is 2. The summed E-state index contributed by atoms with van der Waals surface area (Å²) in [5.74, 6) is 1.06. The summed E-state index contributed by atoms with van der Waals surface area (Å²) in [5, 5.41) is 2.85. The summed E-state index contributed by atoms with van der Waals surface area (Å²) in [6, 6.07) is 9.99. The van der Waals surface area contributed by atoms with Gasteiger partial charge in [-0.25, -0.2) is 9.37 Å². The standard InChI is InChI=1S/C19H19FN4O2/c20-14-4-1-3-13(9-14)19-22-16-6-7-24(11-17(16)23-19)12-18(25)21-10-15-5-2-8-26-15/h1-5,8-9H,6-7,10-12H2,(H,21,25)(H,22,23). The molecule has 0 saturated heterocycles. The normalized spacial score (nSPS) is 14.2. The number of imidazole rings is 1. The van der Waals surface area contributed by atoms with E-state index in [9.17, 15) is 9.18 Å². The molecule has 1 aliphatic rings. The van der Waals surface area contributed by atoms with Crippen molar-refractivity contribution in [2.75, 3.05) is 13.1 Å². The monoisotopic (exact) mass is 354 g/mol. The second kappa shape index (κ2) is 7.13. The molecule has 1 aliphatic heterocycles. The Balaban J connectivity index is 1.37. The number of carbonyl (C=O) groups is 1. The summed E-state index contributed by atoms with van der Waals surface area (Å²) < 4.78 is 18.6. The summed E-state index contributed by atoms with van der Waals surface area (Å²) in [7, 11) is 0. The highest BCUT2D eigenvalue weighted by molar-refractivity contribution is 5.78. The molecule has 2 aromatic heterocycles. The van der Waals surface area contributed by atoms with Crippen molar-refractivity contribution in [3.63, 3.8) is 0 Å². The number of carbonyl (C=O) groups excluding carboxylic acids is 1. The fraction of sp³-hybridized carbons (Fsp3) is 0.263. The molecule has 0 spiro atoms. The van der Waals surface area contributed by atoms with Gasteiger partial charge in [0, 0.05) is 25.1 Å². The molecule has 3 heterocycles. The summed E-state index contributed by atoms with van der Waals surface area (Å²) in [5.41, 5.74) is 2.69. The van der Waals surface area contributed by atoms with Crippen molar-refractivity contribution >= 4 is 5.91 Å². The van der Waals surface area contributed by atoms with Crippen LogP contribution in [0.3, 0.4) is 0 Å². The van der Waals surface area contributed by atoms with E-state index in [1.165, 1.54) is 12.1 Å². The van der Waals surface area contributed by atoms with Crippen molar-refractivity contribution in [3.05, 3.63) is 65.6 Å². The highest BCUT2D eigenvalue weighted by Crippen LogP contribution is 2.23. The van der Waals surface area contributed by atoms with E-state index in [2.05, 4.69) is 20.2 Å². The van der Waals surface area contributed by atoms with E-state index in [4.69, 9.17) is 4.42 Å². The first-order valence-corrected chi connectivity index (χ1v) is 8.52. The Morgan fingerprint density at radius 3 is 3.08 bits per heavy atom. The van der Waals surface area contributed by atoms with Crippen LogP contribution in [-0.2, 0) is 24.3 Å². The number of hydrogen-bond acceptors (Lipinski definition) is 4. The van der Waals surface area contributed by atoms with Gasteiger partial charge in [0.15, 0.2) is 0 Å². The quantitative estimate of drug-likeness (QED) is 0.738. The van der Waals surface area contributed by atoms with Crippen LogP contribution in [0.25, 0.3) is 11.4 Å². The number of H-pyrrole nitrogens is 1. The summed E-state index contributed by atoms with van der Waals surface area (Å²) >= 11 is 0. The van der Waals surface area contributed by atoms with Crippen LogP contribution in [0.5, 0.6) is 0 Å². The first-order chi connectivity index (χ1) is 12.7. The smallest absolute Gasteiger partial charge is 0.234 e. The zero-order chi connectivity index (χ0) is 17.9. The molecule has 0 saturated carbocycles. The third kappa shape index (κ3) is 3.67. The molecule has 2 N–H and O–H groups in total. The maximum atomic E-state index is 13.4. The number of amides is 1. The van der Waals surface area contributed by atoms with E-state index in [1.807, 2.05) is 12.1 Å². The topological polar surface area (TPSA) is 74.2 Å². The molecule has 7 heteroatoms. The molecule has 1 amide bonds. The van der Waals surface area contributed by atoms with Crippen LogP contribution >= 0.6 is 0 Å². The molecule has 26 heavy (non-hydrogen) atoms. The minimum Gasteiger partial charge on any atom is -0.467 e. The predicted octanol–water partition coefficient (Wildman–Crippen LogP) is 2.48. The highest BCUT2D eigenvalue weighted by atomic mass is 19.1. The molecule has 0 bridgehead atoms. The van der Waals surface area contributed by atoms with Gasteiger partial charge in [0.1, 0.15) is 17.4 Å². The summed E-state index contributed by atoms with van der Waals surface area (Å²) in [6.07, 6.45) is 2.34. The van der Waals surface area contributed by atoms with Crippen LogP contribution in [0, 0.1) is 5.82 Å². The minimum atomic E-state index is -0.285. The van der Waals surface area contributed by atoms with Gasteiger partial charge in [0.2, 0.25) is 5.91 Å². The summed E-state index contributed by atoms with van der Waals surface area (Å²) in [4.78, 5) is 22.0. The van der Waals surface area contributed by atoms with Gasteiger partial charge in [0.05, 0.1) is 30.7 Å². The van der Waals surface area contributed by atoms with Gasteiger partial charge in [-0.3, -0.25) is 9.69 Å². The Kier molecular flexibility index (Phi) is 4.53. The Bertz CT molecular complexity index is 904. The fourth-order valence-corrected chi connectivity index (χ4v) is 3.12. The van der Waals surface area contributed by atoms with E-state index in [0.717, 1.165) is 35.7 Å². The lowest BCUT2D eigenvalue weighted by molar-refractivity contribution is -0.122. The number of halogens is 1. The fourth-order valence-electron chi connectivity index (χ4n) is 3.12. The molecule has 0 aliphatic carbocycles. The molecular weight excluding hydrogens is 335 g/mol. The van der Waals surface area contributed by atoms with E-state index in [-0.39, 0.29) is 11.7 Å². The molecule has 6 nitrogen and oxygen atoms in total. The first kappa shape index (κ1) is 16.5. The van der Waals surface area contributed by atoms with Crippen LogP contribution in [0.2, 0.25) is 0 Å². The molecular formula is C19H19FN4O2. The molecule has 0 radical (unpaired) electrons. The van der Waals surface area contributed by atoms with Crippen LogP contribution in [0.1, 0.15) is 17.1 Å². The van der Waals surface area contributed by atoms with Gasteiger partial charge in [-0.1, -0.05) is 12.1 Å². The zero-order valence-electron chi connectivity index (χ0n) is 14.2. The molecule has 4 rings (SSSR count). The molecule has 1 aromatic carbocycles. The van der Waals surface area contributed by atoms with Gasteiger partial charge in [-0.05, 0) is 24.3 Å². The zero-order valence-corrected chi connectivity index (χ0v) is 14.2. The maximum absolute atomic E-state index is 13.4. The molecule has 0 fully saturated rings. The van der Waals surface area contributed by atoms with E-state index >= 15 is 0 Å². The highest BCUT2D eigenvalue weighted by Gasteiger charge is 2.22. The Labute approximate surface area is 150 Å². The van der Waals surface area contributed by atoms with Crippen molar-refractivity contribution in [2.24, 2.45) is 0 Å². The van der Waals surface area contributed by atoms with Crippen LogP contribution in [0.4, 0.5) is 4.39 Å². The van der Waals surface area contributed by atoms with Gasteiger partial charge >= 0.3 is 0 Å². The Hall–Kier alpha value is -2.93. The lowest BCUT2D eigenvalue weighted by Gasteiger charge is -2.25. The number of rotatable bonds is 5. The van der Waals surface area contributed by atoms with Crippen molar-refractivity contribution in [3.8, 4) is 11.4 Å². The molecule has 0 atom stereocenters. The predicted molar refractivity (Wildman–Crippen MR) is 93.5 cm³/mol. The number of benzene rings is 1. The van der Waals surface area contributed by atoms with Crippen molar-refractivity contribution in [1.82, 2.24) is 20.2 Å². The summed E-state index contributed by atoms with van der Waals surface area (Å²) in [6.45, 7) is 2.08. The van der Waals surface area contributed by atoms with E-state index in [0.29, 0.717) is 25.5 Å². The maximum Gasteiger partial charge on any atom is 0.234 e. The molecule has 0 unspecified atom stereocenters.